The maximum absolute atomic E-state index is 13.5. The molecule has 0 radical (unpaired) electrons. The minimum Gasteiger partial charge on any atom is -0.457 e. The van der Waals surface area contributed by atoms with Gasteiger partial charge in [-0.2, -0.15) is 0 Å². The molecule has 0 spiro atoms. The van der Waals surface area contributed by atoms with E-state index in [9.17, 15) is 20.2 Å². The monoisotopic (exact) mass is 820 g/mol. The number of halogens is 3. The molecule has 0 saturated carbocycles. The van der Waals surface area contributed by atoms with Crippen LogP contribution in [0.1, 0.15) is 35.3 Å². The lowest BCUT2D eigenvalue weighted by molar-refractivity contribution is -0.341. The van der Waals surface area contributed by atoms with Gasteiger partial charge in [0.05, 0.1) is 31.5 Å². The van der Waals surface area contributed by atoms with Gasteiger partial charge in [-0.3, -0.25) is 10.2 Å². The molecule has 6 unspecified atom stereocenters. The van der Waals surface area contributed by atoms with E-state index in [0.717, 1.165) is 18.1 Å². The lowest BCUT2D eigenvalue weighted by Gasteiger charge is -2.48. The van der Waals surface area contributed by atoms with Gasteiger partial charge in [0, 0.05) is 11.8 Å². The average molecular weight is 822 g/mol. The molecule has 294 valence electrons. The van der Waals surface area contributed by atoms with Crippen LogP contribution < -0.4 is 0 Å². The first-order valence-electron chi connectivity index (χ1n) is 17.1. The normalized spacial score (nSPS) is 28.0. The molecular weight excluding hydrogens is 783 g/mol. The summed E-state index contributed by atoms with van der Waals surface area (Å²) >= 11 is 17.6. The molecule has 2 aliphatic heterocycles. The maximum atomic E-state index is 13.5. The molecule has 0 amide bonds. The molecule has 3 aromatic carbocycles. The molecule has 0 bridgehead atoms. The summed E-state index contributed by atoms with van der Waals surface area (Å²) in [5, 5.41) is 24.0. The molecule has 18 heteroatoms. The first kappa shape index (κ1) is 42.2. The molecular formula is C37H39Cl3N4O11. The second-order valence-electron chi connectivity index (χ2n) is 12.6. The summed E-state index contributed by atoms with van der Waals surface area (Å²) in [4.78, 5) is 28.8. The van der Waals surface area contributed by atoms with Gasteiger partial charge in [0.2, 0.25) is 12.2 Å². The molecule has 2 N–H and O–H groups in total. The van der Waals surface area contributed by atoms with Crippen LogP contribution in [0.4, 0.5) is 0 Å². The molecule has 2 heterocycles. The highest BCUT2D eigenvalue weighted by Gasteiger charge is 2.55. The van der Waals surface area contributed by atoms with Crippen LogP contribution in [0.15, 0.2) is 96.1 Å². The first-order chi connectivity index (χ1) is 26.3. The molecule has 10 atom stereocenters. The van der Waals surface area contributed by atoms with E-state index in [2.05, 4.69) is 10.0 Å². The average Bonchev–Trinajstić information content (AvgIpc) is 3.16. The van der Waals surface area contributed by atoms with E-state index in [0.29, 0.717) is 0 Å². The van der Waals surface area contributed by atoms with E-state index in [-0.39, 0.29) is 25.4 Å². The largest absolute Gasteiger partial charge is 0.457 e. The fraction of sp³-hybridized carbons (Fsp3) is 0.432. The van der Waals surface area contributed by atoms with Crippen molar-refractivity contribution in [2.45, 2.75) is 92.2 Å². The van der Waals surface area contributed by atoms with Crippen LogP contribution in [0.3, 0.4) is 0 Å². The number of benzene rings is 3. The van der Waals surface area contributed by atoms with Gasteiger partial charge in [-0.05, 0) is 35.7 Å². The van der Waals surface area contributed by atoms with E-state index >= 15 is 0 Å². The van der Waals surface area contributed by atoms with Crippen molar-refractivity contribution in [1.29, 1.82) is 5.41 Å². The minimum atomic E-state index is -2.33. The Bertz CT molecular complexity index is 1770. The van der Waals surface area contributed by atoms with Crippen molar-refractivity contribution in [3.8, 4) is 0 Å². The summed E-state index contributed by atoms with van der Waals surface area (Å²) in [6.07, 6.45) is -12.5. The molecule has 0 aliphatic carbocycles. The van der Waals surface area contributed by atoms with Gasteiger partial charge in [-0.25, -0.2) is 4.79 Å². The lowest BCUT2D eigenvalue weighted by Crippen LogP contribution is -2.65. The molecule has 0 aromatic heterocycles. The van der Waals surface area contributed by atoms with Crippen LogP contribution in [0.25, 0.3) is 10.4 Å². The number of carbonyl (C=O) groups is 2. The Morgan fingerprint density at radius 2 is 1.44 bits per heavy atom. The smallest absolute Gasteiger partial charge is 0.338 e. The van der Waals surface area contributed by atoms with Crippen molar-refractivity contribution >= 4 is 52.6 Å². The fourth-order valence-electron chi connectivity index (χ4n) is 5.98. The number of ether oxygens (including phenoxy) is 8. The zero-order chi connectivity index (χ0) is 39.5. The Kier molecular flexibility index (Phi) is 15.1. The third-order valence-electron chi connectivity index (χ3n) is 8.57. The van der Waals surface area contributed by atoms with Gasteiger partial charge in [-0.1, -0.05) is 119 Å². The van der Waals surface area contributed by atoms with Gasteiger partial charge in [0.15, 0.2) is 18.5 Å². The zero-order valence-corrected chi connectivity index (χ0v) is 31.8. The maximum Gasteiger partial charge on any atom is 0.338 e. The van der Waals surface area contributed by atoms with Crippen LogP contribution in [-0.2, 0) is 55.9 Å². The molecule has 2 fully saturated rings. The lowest BCUT2D eigenvalue weighted by atomic mass is 9.95. The number of aliphatic hydroxyl groups excluding tert-OH is 1. The quantitative estimate of drug-likeness (QED) is 0.0357. The number of hydrogen-bond donors (Lipinski definition) is 2. The molecule has 55 heavy (non-hydrogen) atoms. The third-order valence-corrected chi connectivity index (χ3v) is 9.08. The predicted octanol–water partition coefficient (Wildman–Crippen LogP) is 6.20. The number of aliphatic hydroxyl groups is 1. The van der Waals surface area contributed by atoms with Crippen LogP contribution in [0, 0.1) is 5.41 Å². The third kappa shape index (κ3) is 11.5. The predicted molar refractivity (Wildman–Crippen MR) is 198 cm³/mol. The number of nitrogens with one attached hydrogen (secondary N) is 1. The summed E-state index contributed by atoms with van der Waals surface area (Å²) < 4.78 is 45.7. The molecule has 5 rings (SSSR count). The van der Waals surface area contributed by atoms with Gasteiger partial charge in [0.25, 0.3) is 3.79 Å². The Balaban J connectivity index is 1.52. The van der Waals surface area contributed by atoms with Crippen molar-refractivity contribution in [3.63, 3.8) is 0 Å². The standard InChI is InChI=1S/C37H39Cl3N4O11/c1-21-29(51-22(2)45)31(27(43-44-42)34(50-21)55-36(41)37(38,39)40)54-35-32(53-33(47)25-16-10-5-11-17-25)28(46)30(49-19-24-14-8-4-9-15-24)26(52-35)20-48-18-23-12-6-3-7-13-23/h3-17,21,26-32,34-35,41,46H,18-20H2,1-2H3/t21?,26?,27?,28?,29-,30-,31?,32?,34+,35+/m1/s1. The summed E-state index contributed by atoms with van der Waals surface area (Å²) in [5.74, 6) is -2.45. The minimum absolute atomic E-state index is 0.0468. The highest BCUT2D eigenvalue weighted by molar-refractivity contribution is 6.76. The topological polar surface area (TPSA) is 201 Å². The number of nitrogens with zero attached hydrogens (tertiary/aromatic N) is 3. The highest BCUT2D eigenvalue weighted by atomic mass is 35.6. The van der Waals surface area contributed by atoms with Crippen LogP contribution in [-0.4, -0.2) is 94.7 Å². The fourth-order valence-corrected chi connectivity index (χ4v) is 6.12. The number of carbonyl (C=O) groups excluding carboxylic acids is 2. The Morgan fingerprint density at radius 1 is 0.836 bits per heavy atom. The van der Waals surface area contributed by atoms with Gasteiger partial charge in [-0.15, -0.1) is 0 Å². The number of azide groups is 1. The van der Waals surface area contributed by atoms with Gasteiger partial charge in [0.1, 0.15) is 30.5 Å². The van der Waals surface area contributed by atoms with E-state index in [4.69, 9.17) is 78.1 Å². The van der Waals surface area contributed by atoms with Gasteiger partial charge >= 0.3 is 11.9 Å². The molecule has 3 aromatic rings. The molecule has 15 nitrogen and oxygen atoms in total. The summed E-state index contributed by atoms with van der Waals surface area (Å²) in [7, 11) is 0. The molecule has 2 aliphatic rings. The van der Waals surface area contributed by atoms with E-state index in [1.807, 2.05) is 60.7 Å². The van der Waals surface area contributed by atoms with E-state index in [1.54, 1.807) is 18.2 Å². The first-order valence-corrected chi connectivity index (χ1v) is 18.2. The van der Waals surface area contributed by atoms with Crippen molar-refractivity contribution < 1.29 is 52.6 Å². The van der Waals surface area contributed by atoms with Crippen LogP contribution >= 0.6 is 34.8 Å². The number of hydrogen-bond acceptors (Lipinski definition) is 13. The van der Waals surface area contributed by atoms with Crippen LogP contribution in [0.2, 0.25) is 0 Å². The second kappa shape index (κ2) is 19.7. The number of alkyl halides is 3. The molecule has 2 saturated heterocycles. The van der Waals surface area contributed by atoms with Gasteiger partial charge < -0.3 is 43.0 Å². The summed E-state index contributed by atoms with van der Waals surface area (Å²) in [6, 6.07) is 25.0. The second-order valence-corrected chi connectivity index (χ2v) is 14.8. The van der Waals surface area contributed by atoms with Crippen molar-refractivity contribution in [1.82, 2.24) is 0 Å². The Labute approximate surface area is 331 Å². The Hall–Kier alpha value is -3.99. The highest BCUT2D eigenvalue weighted by Crippen LogP contribution is 2.36. The van der Waals surface area contributed by atoms with Crippen LogP contribution in [0.5, 0.6) is 0 Å². The van der Waals surface area contributed by atoms with Crippen molar-refractivity contribution in [2.24, 2.45) is 5.11 Å². The summed E-state index contributed by atoms with van der Waals surface area (Å²) in [6.45, 7) is 2.74. The Morgan fingerprint density at radius 3 is 2.02 bits per heavy atom. The van der Waals surface area contributed by atoms with Crippen molar-refractivity contribution in [2.75, 3.05) is 6.61 Å². The number of rotatable bonds is 14. The summed E-state index contributed by atoms with van der Waals surface area (Å²) in [5.41, 5.74) is 11.4. The van der Waals surface area contributed by atoms with E-state index < -0.39 is 83.0 Å². The van der Waals surface area contributed by atoms with Crippen molar-refractivity contribution in [3.05, 3.63) is 118 Å². The number of esters is 2. The SMILES string of the molecule is CC(=O)O[C@@H]1C(C)O[C@@H](OC(=N)C(Cl)(Cl)Cl)C(N=[N+]=[N-])C1O[C@@H]1OC(COCc2ccccc2)[C@@H](OCc2ccccc2)C(O)C1OC(=O)c1ccccc1. The zero-order valence-electron chi connectivity index (χ0n) is 29.6. The van der Waals surface area contributed by atoms with E-state index in [1.165, 1.54) is 19.1 Å².